The Labute approximate surface area is 123 Å². The highest BCUT2D eigenvalue weighted by Gasteiger charge is 2.04. The second kappa shape index (κ2) is 7.28. The van der Waals surface area contributed by atoms with E-state index in [4.69, 9.17) is 5.73 Å². The first-order valence-electron chi connectivity index (χ1n) is 6.95. The average molecular weight is 285 g/mol. The largest absolute Gasteiger partial charge is 0.397 e. The van der Waals surface area contributed by atoms with E-state index in [-0.39, 0.29) is 11.3 Å². The molecule has 5 heteroatoms. The van der Waals surface area contributed by atoms with Crippen LogP contribution < -0.4 is 16.5 Å². The van der Waals surface area contributed by atoms with Crippen LogP contribution in [0.2, 0.25) is 0 Å². The molecule has 3 N–H and O–H groups in total. The molecule has 0 unspecified atom stereocenters. The van der Waals surface area contributed by atoms with Gasteiger partial charge in [-0.1, -0.05) is 12.1 Å². The Morgan fingerprint density at radius 1 is 1.10 bits per heavy atom. The van der Waals surface area contributed by atoms with Crippen molar-refractivity contribution in [3.05, 3.63) is 59.0 Å². The Kier molecular flexibility index (Phi) is 5.15. The number of nitrogens with one attached hydrogen (secondary N) is 1. The summed E-state index contributed by atoms with van der Waals surface area (Å²) in [6.45, 7) is 0.793. The van der Waals surface area contributed by atoms with Gasteiger partial charge in [0.2, 0.25) is 5.91 Å². The van der Waals surface area contributed by atoms with Crippen LogP contribution in [-0.4, -0.2) is 10.5 Å². The monoisotopic (exact) mass is 285 g/mol. The molecule has 1 heterocycles. The van der Waals surface area contributed by atoms with Crippen LogP contribution in [0.5, 0.6) is 0 Å². The number of hydrogen-bond donors (Lipinski definition) is 2. The number of carbonyl (C=O) groups is 1. The Hall–Kier alpha value is -2.56. The van der Waals surface area contributed by atoms with Crippen molar-refractivity contribution in [1.82, 2.24) is 4.57 Å². The summed E-state index contributed by atoms with van der Waals surface area (Å²) >= 11 is 0. The number of aryl methyl sites for hydroxylation is 1. The number of carbonyl (C=O) groups excluding carboxylic acids is 1. The van der Waals surface area contributed by atoms with E-state index in [0.29, 0.717) is 17.8 Å². The number of nitrogen functional groups attached to an aromatic ring is 1. The van der Waals surface area contributed by atoms with Crippen LogP contribution in [0.4, 0.5) is 11.4 Å². The van der Waals surface area contributed by atoms with Gasteiger partial charge in [0.1, 0.15) is 0 Å². The molecule has 2 rings (SSSR count). The van der Waals surface area contributed by atoms with Crippen LogP contribution in [0.15, 0.2) is 53.6 Å². The maximum absolute atomic E-state index is 11.8. The van der Waals surface area contributed by atoms with Crippen molar-refractivity contribution in [3.63, 3.8) is 0 Å². The SMILES string of the molecule is Nc1ccccc1NC(=O)CCCCn1ccc(=O)cc1. The zero-order valence-electron chi connectivity index (χ0n) is 11.8. The van der Waals surface area contributed by atoms with Gasteiger partial charge in [-0.05, 0) is 25.0 Å². The Morgan fingerprint density at radius 2 is 1.81 bits per heavy atom. The number of rotatable bonds is 6. The van der Waals surface area contributed by atoms with Crippen molar-refractivity contribution in [2.24, 2.45) is 0 Å². The fraction of sp³-hybridized carbons (Fsp3) is 0.250. The molecule has 21 heavy (non-hydrogen) atoms. The molecule has 1 aromatic carbocycles. The van der Waals surface area contributed by atoms with Crippen LogP contribution in [0, 0.1) is 0 Å². The van der Waals surface area contributed by atoms with Gasteiger partial charge in [0, 0.05) is 37.5 Å². The molecule has 0 radical (unpaired) electrons. The van der Waals surface area contributed by atoms with Gasteiger partial charge in [0.05, 0.1) is 11.4 Å². The summed E-state index contributed by atoms with van der Waals surface area (Å²) in [5.74, 6) is -0.0344. The van der Waals surface area contributed by atoms with Crippen molar-refractivity contribution in [1.29, 1.82) is 0 Å². The number of hydrogen-bond acceptors (Lipinski definition) is 3. The molecule has 0 aliphatic rings. The summed E-state index contributed by atoms with van der Waals surface area (Å²) in [6.07, 6.45) is 5.62. The van der Waals surface area contributed by atoms with Gasteiger partial charge in [0.25, 0.3) is 0 Å². The lowest BCUT2D eigenvalue weighted by Crippen LogP contribution is -2.13. The molecule has 0 fully saturated rings. The summed E-state index contributed by atoms with van der Waals surface area (Å²) < 4.78 is 1.94. The minimum Gasteiger partial charge on any atom is -0.397 e. The molecule has 1 aromatic heterocycles. The van der Waals surface area contributed by atoms with Gasteiger partial charge in [-0.15, -0.1) is 0 Å². The lowest BCUT2D eigenvalue weighted by Gasteiger charge is -2.08. The Morgan fingerprint density at radius 3 is 2.52 bits per heavy atom. The van der Waals surface area contributed by atoms with Crippen molar-refractivity contribution in [2.75, 3.05) is 11.1 Å². The molecule has 2 aromatic rings. The second-order valence-corrected chi connectivity index (χ2v) is 4.86. The van der Waals surface area contributed by atoms with Crippen LogP contribution in [0.1, 0.15) is 19.3 Å². The molecule has 5 nitrogen and oxygen atoms in total. The zero-order chi connectivity index (χ0) is 15.1. The first-order valence-corrected chi connectivity index (χ1v) is 6.95. The third kappa shape index (κ3) is 4.80. The summed E-state index contributed by atoms with van der Waals surface area (Å²) in [5, 5.41) is 2.80. The van der Waals surface area contributed by atoms with Crippen molar-refractivity contribution < 1.29 is 4.79 Å². The number of para-hydroxylation sites is 2. The van der Waals surface area contributed by atoms with Crippen LogP contribution in [-0.2, 0) is 11.3 Å². The van der Waals surface area contributed by atoms with Crippen molar-refractivity contribution in [3.8, 4) is 0 Å². The first kappa shape index (κ1) is 14.8. The maximum Gasteiger partial charge on any atom is 0.224 e. The van der Waals surface area contributed by atoms with E-state index in [1.807, 2.05) is 16.7 Å². The molecule has 0 aliphatic carbocycles. The predicted molar refractivity (Wildman–Crippen MR) is 84.0 cm³/mol. The lowest BCUT2D eigenvalue weighted by atomic mass is 10.2. The van der Waals surface area contributed by atoms with Crippen molar-refractivity contribution in [2.45, 2.75) is 25.8 Å². The van der Waals surface area contributed by atoms with Crippen LogP contribution in [0.25, 0.3) is 0 Å². The number of nitrogens with two attached hydrogens (primary N) is 1. The topological polar surface area (TPSA) is 77.1 Å². The number of nitrogens with zero attached hydrogens (tertiary/aromatic N) is 1. The summed E-state index contributed by atoms with van der Waals surface area (Å²) in [6, 6.07) is 10.3. The van der Waals surface area contributed by atoms with Gasteiger partial charge in [-0.3, -0.25) is 9.59 Å². The van der Waals surface area contributed by atoms with Crippen LogP contribution >= 0.6 is 0 Å². The molecule has 0 saturated heterocycles. The van der Waals surface area contributed by atoms with Gasteiger partial charge in [-0.25, -0.2) is 0 Å². The first-order chi connectivity index (χ1) is 10.1. The normalized spacial score (nSPS) is 10.3. The van der Waals surface area contributed by atoms with Gasteiger partial charge in [-0.2, -0.15) is 0 Å². The number of anilines is 2. The summed E-state index contributed by atoms with van der Waals surface area (Å²) in [5.41, 5.74) is 7.00. The summed E-state index contributed by atoms with van der Waals surface area (Å²) in [4.78, 5) is 22.8. The standard InChI is InChI=1S/C16H19N3O2/c17-14-5-1-2-6-15(14)18-16(21)7-3-4-10-19-11-8-13(20)9-12-19/h1-2,5-6,8-9,11-12H,3-4,7,10,17H2,(H,18,21). The maximum atomic E-state index is 11.8. The predicted octanol–water partition coefficient (Wildman–Crippen LogP) is 2.24. The van der Waals surface area contributed by atoms with Crippen LogP contribution in [0.3, 0.4) is 0 Å². The Bertz CT molecular complexity index is 644. The molecule has 0 aliphatic heterocycles. The quantitative estimate of drug-likeness (QED) is 0.631. The van der Waals surface area contributed by atoms with E-state index in [9.17, 15) is 9.59 Å². The lowest BCUT2D eigenvalue weighted by molar-refractivity contribution is -0.116. The molecule has 0 atom stereocenters. The molecular weight excluding hydrogens is 266 g/mol. The fourth-order valence-corrected chi connectivity index (χ4v) is 2.00. The highest BCUT2D eigenvalue weighted by Crippen LogP contribution is 2.17. The third-order valence-corrected chi connectivity index (χ3v) is 3.17. The van der Waals surface area contributed by atoms with E-state index in [1.165, 1.54) is 12.1 Å². The number of pyridine rings is 1. The van der Waals surface area contributed by atoms with Gasteiger partial charge < -0.3 is 15.6 Å². The molecule has 1 amide bonds. The zero-order valence-corrected chi connectivity index (χ0v) is 11.8. The van der Waals surface area contributed by atoms with E-state index in [2.05, 4.69) is 5.32 Å². The van der Waals surface area contributed by atoms with E-state index >= 15 is 0 Å². The molecule has 0 bridgehead atoms. The fourth-order valence-electron chi connectivity index (χ4n) is 2.00. The van der Waals surface area contributed by atoms with Gasteiger partial charge in [0.15, 0.2) is 5.43 Å². The van der Waals surface area contributed by atoms with Crippen molar-refractivity contribution >= 4 is 17.3 Å². The molecular formula is C16H19N3O2. The second-order valence-electron chi connectivity index (χ2n) is 4.86. The van der Waals surface area contributed by atoms with E-state index < -0.39 is 0 Å². The smallest absolute Gasteiger partial charge is 0.224 e. The average Bonchev–Trinajstić information content (AvgIpc) is 2.48. The molecule has 0 saturated carbocycles. The minimum absolute atomic E-state index is 0.00563. The number of benzene rings is 1. The summed E-state index contributed by atoms with van der Waals surface area (Å²) in [7, 11) is 0. The third-order valence-electron chi connectivity index (χ3n) is 3.17. The minimum atomic E-state index is -0.0344. The van der Waals surface area contributed by atoms with E-state index in [1.54, 1.807) is 24.5 Å². The number of aromatic nitrogens is 1. The highest BCUT2D eigenvalue weighted by atomic mass is 16.1. The Balaban J connectivity index is 1.71. The van der Waals surface area contributed by atoms with E-state index in [0.717, 1.165) is 19.4 Å². The molecule has 0 spiro atoms. The van der Waals surface area contributed by atoms with Gasteiger partial charge >= 0.3 is 0 Å². The number of unbranched alkanes of at least 4 members (excludes halogenated alkanes) is 1. The molecule has 110 valence electrons. The number of amides is 1. The highest BCUT2D eigenvalue weighted by molar-refractivity contribution is 5.93.